The Hall–Kier alpha value is -1.14. The number of ether oxygens (including phenoxy) is 1. The second-order valence-corrected chi connectivity index (χ2v) is 9.35. The Bertz CT molecular complexity index is 433. The lowest BCUT2D eigenvalue weighted by molar-refractivity contribution is -0.873. The fraction of sp³-hybridized carbons (Fsp3) is 0.913. The van der Waals surface area contributed by atoms with Crippen LogP contribution in [0.1, 0.15) is 96.8 Å². The van der Waals surface area contributed by atoms with Crippen LogP contribution >= 0.6 is 0 Å². The Morgan fingerprint density at radius 3 is 1.90 bits per heavy atom. The highest BCUT2D eigenvalue weighted by atomic mass is 16.5. The number of rotatable bonds is 19. The molecule has 0 fully saturated rings. The van der Waals surface area contributed by atoms with Gasteiger partial charge in [0.15, 0.2) is 6.10 Å². The molecule has 29 heavy (non-hydrogen) atoms. The van der Waals surface area contributed by atoms with Crippen molar-refractivity contribution in [1.82, 2.24) is 0 Å². The number of aliphatic hydroxyl groups excluding tert-OH is 1. The molecule has 6 heteroatoms. The van der Waals surface area contributed by atoms with Crippen molar-refractivity contribution in [1.29, 1.82) is 0 Å². The zero-order valence-electron chi connectivity index (χ0n) is 19.3. The van der Waals surface area contributed by atoms with Gasteiger partial charge in [-0.25, -0.2) is 0 Å². The van der Waals surface area contributed by atoms with E-state index in [4.69, 9.17) is 9.84 Å². The van der Waals surface area contributed by atoms with Gasteiger partial charge in [0.25, 0.3) is 0 Å². The topological polar surface area (TPSA) is 83.8 Å². The van der Waals surface area contributed by atoms with Gasteiger partial charge in [0.1, 0.15) is 6.54 Å². The van der Waals surface area contributed by atoms with Crippen LogP contribution in [0.4, 0.5) is 0 Å². The van der Waals surface area contributed by atoms with Gasteiger partial charge < -0.3 is 19.4 Å². The molecule has 6 nitrogen and oxygen atoms in total. The normalized spacial score (nSPS) is 13.8. The number of carbonyl (C=O) groups is 2. The summed E-state index contributed by atoms with van der Waals surface area (Å²) in [7, 11) is 5.84. The number of unbranched alkanes of at least 4 members (excludes halogenated alkanes) is 8. The summed E-state index contributed by atoms with van der Waals surface area (Å²) in [4.78, 5) is 23.0. The van der Waals surface area contributed by atoms with Crippen molar-refractivity contribution < 1.29 is 29.0 Å². The van der Waals surface area contributed by atoms with Crippen molar-refractivity contribution in [2.75, 3.05) is 27.7 Å². The van der Waals surface area contributed by atoms with E-state index in [0.717, 1.165) is 44.9 Å². The Morgan fingerprint density at radius 1 is 0.862 bits per heavy atom. The zero-order chi connectivity index (χ0) is 22.1. The van der Waals surface area contributed by atoms with Crippen molar-refractivity contribution in [2.24, 2.45) is 0 Å². The highest BCUT2D eigenvalue weighted by Gasteiger charge is 2.24. The molecule has 0 aliphatic heterocycles. The molecule has 2 N–H and O–H groups in total. The zero-order valence-corrected chi connectivity index (χ0v) is 19.3. The molecule has 0 aromatic rings. The number of esters is 1. The number of carboxylic acid groups (broad SMARTS) is 1. The van der Waals surface area contributed by atoms with Crippen LogP contribution in [0, 0.1) is 0 Å². The SMILES string of the molecule is CCCCCCCCC(O)CCCCCCC(=O)OC(CC(=O)O)C[N+](C)(C)C. The van der Waals surface area contributed by atoms with Crippen LogP contribution in [0.3, 0.4) is 0 Å². The summed E-state index contributed by atoms with van der Waals surface area (Å²) in [6.45, 7) is 2.70. The maximum absolute atomic E-state index is 12.0. The molecular weight excluding hydrogens is 370 g/mol. The van der Waals surface area contributed by atoms with Gasteiger partial charge in [-0.2, -0.15) is 0 Å². The number of nitrogens with zero attached hydrogens (tertiary/aromatic N) is 1. The van der Waals surface area contributed by atoms with Crippen LogP contribution in [0.2, 0.25) is 0 Å². The molecule has 0 heterocycles. The minimum Gasteiger partial charge on any atom is -0.481 e. The number of quaternary nitrogens is 1. The molecule has 0 aliphatic rings. The summed E-state index contributed by atoms with van der Waals surface area (Å²) in [6.07, 6.45) is 12.3. The maximum atomic E-state index is 12.0. The lowest BCUT2D eigenvalue weighted by Gasteiger charge is -2.28. The van der Waals surface area contributed by atoms with Gasteiger partial charge in [-0.1, -0.05) is 64.7 Å². The molecule has 0 rings (SSSR count). The van der Waals surface area contributed by atoms with E-state index in [9.17, 15) is 14.7 Å². The van der Waals surface area contributed by atoms with Crippen LogP contribution in [0.25, 0.3) is 0 Å². The summed E-state index contributed by atoms with van der Waals surface area (Å²) in [5, 5.41) is 19.0. The first-order chi connectivity index (χ1) is 13.6. The molecule has 0 bridgehead atoms. The first-order valence-corrected chi connectivity index (χ1v) is 11.5. The Kier molecular flexibility index (Phi) is 16.0. The van der Waals surface area contributed by atoms with E-state index < -0.39 is 12.1 Å². The summed E-state index contributed by atoms with van der Waals surface area (Å²) >= 11 is 0. The van der Waals surface area contributed by atoms with Gasteiger partial charge in [0.2, 0.25) is 0 Å². The number of hydrogen-bond acceptors (Lipinski definition) is 4. The Labute approximate surface area is 178 Å². The van der Waals surface area contributed by atoms with Crippen molar-refractivity contribution in [3.8, 4) is 0 Å². The summed E-state index contributed by atoms with van der Waals surface area (Å²) in [5.41, 5.74) is 0. The highest BCUT2D eigenvalue weighted by molar-refractivity contribution is 5.71. The predicted molar refractivity (Wildman–Crippen MR) is 117 cm³/mol. The predicted octanol–water partition coefficient (Wildman–Crippen LogP) is 4.53. The first-order valence-electron chi connectivity index (χ1n) is 11.5. The van der Waals surface area contributed by atoms with Crippen LogP contribution in [0.15, 0.2) is 0 Å². The van der Waals surface area contributed by atoms with E-state index in [2.05, 4.69) is 6.92 Å². The average molecular weight is 417 g/mol. The third-order valence-electron chi connectivity index (χ3n) is 5.01. The Balaban J connectivity index is 3.77. The maximum Gasteiger partial charge on any atom is 0.307 e. The third-order valence-corrected chi connectivity index (χ3v) is 5.01. The number of aliphatic hydroxyl groups is 1. The molecule has 0 saturated heterocycles. The molecule has 0 saturated carbocycles. The van der Waals surface area contributed by atoms with E-state index in [1.165, 1.54) is 32.1 Å². The van der Waals surface area contributed by atoms with E-state index in [1.807, 2.05) is 21.1 Å². The van der Waals surface area contributed by atoms with Crippen LogP contribution in [0.5, 0.6) is 0 Å². The quantitative estimate of drug-likeness (QED) is 0.184. The second kappa shape index (κ2) is 16.6. The molecule has 0 amide bonds. The number of carbonyl (C=O) groups excluding carboxylic acids is 1. The molecule has 0 aromatic carbocycles. The van der Waals surface area contributed by atoms with Crippen molar-refractivity contribution >= 4 is 11.9 Å². The van der Waals surface area contributed by atoms with E-state index >= 15 is 0 Å². The highest BCUT2D eigenvalue weighted by Crippen LogP contribution is 2.14. The van der Waals surface area contributed by atoms with Gasteiger partial charge in [-0.3, -0.25) is 9.59 Å². The van der Waals surface area contributed by atoms with Crippen LogP contribution in [-0.2, 0) is 14.3 Å². The van der Waals surface area contributed by atoms with Gasteiger partial charge in [-0.05, 0) is 19.3 Å². The van der Waals surface area contributed by atoms with Gasteiger partial charge in [-0.15, -0.1) is 0 Å². The average Bonchev–Trinajstić information content (AvgIpc) is 2.58. The van der Waals surface area contributed by atoms with E-state index in [-0.39, 0.29) is 18.5 Å². The number of likely N-dealkylation sites (N-methyl/N-ethyl adjacent to an activating group) is 1. The monoisotopic (exact) mass is 416 g/mol. The molecule has 0 spiro atoms. The van der Waals surface area contributed by atoms with Crippen LogP contribution in [-0.4, -0.2) is 66.5 Å². The van der Waals surface area contributed by atoms with Gasteiger partial charge >= 0.3 is 11.9 Å². The Morgan fingerprint density at radius 2 is 1.38 bits per heavy atom. The third kappa shape index (κ3) is 19.9. The minimum atomic E-state index is -0.948. The van der Waals surface area contributed by atoms with E-state index in [0.29, 0.717) is 17.4 Å². The molecule has 0 aromatic heterocycles. The fourth-order valence-electron chi connectivity index (χ4n) is 3.50. The smallest absolute Gasteiger partial charge is 0.307 e. The molecule has 2 atom stereocenters. The summed E-state index contributed by atoms with van der Waals surface area (Å²) < 4.78 is 5.93. The largest absolute Gasteiger partial charge is 0.481 e. The van der Waals surface area contributed by atoms with E-state index in [1.54, 1.807) is 0 Å². The number of aliphatic carboxylic acids is 1. The van der Waals surface area contributed by atoms with Crippen molar-refractivity contribution in [3.63, 3.8) is 0 Å². The summed E-state index contributed by atoms with van der Waals surface area (Å²) in [6, 6.07) is 0. The van der Waals surface area contributed by atoms with Crippen molar-refractivity contribution in [3.05, 3.63) is 0 Å². The fourth-order valence-corrected chi connectivity index (χ4v) is 3.50. The van der Waals surface area contributed by atoms with Gasteiger partial charge in [0, 0.05) is 6.42 Å². The second-order valence-electron chi connectivity index (χ2n) is 9.35. The van der Waals surface area contributed by atoms with Gasteiger partial charge in [0.05, 0.1) is 33.7 Å². The standard InChI is InChI=1S/C23H45NO5/c1-5-6-7-8-9-12-15-20(25)16-13-10-11-14-17-23(28)29-21(18-22(26)27)19-24(2,3)4/h20-21,25H,5-19H2,1-4H3/p+1. The number of hydrogen-bond donors (Lipinski definition) is 2. The lowest BCUT2D eigenvalue weighted by atomic mass is 10.0. The molecule has 2 unspecified atom stereocenters. The van der Waals surface area contributed by atoms with Crippen LogP contribution < -0.4 is 0 Å². The minimum absolute atomic E-state index is 0.155. The first kappa shape index (κ1) is 27.9. The molecule has 0 radical (unpaired) electrons. The van der Waals surface area contributed by atoms with Crippen molar-refractivity contribution in [2.45, 2.75) is 109 Å². The molecule has 172 valence electrons. The molecule has 0 aliphatic carbocycles. The number of carboxylic acids is 1. The summed E-state index contributed by atoms with van der Waals surface area (Å²) in [5.74, 6) is -1.26. The molecular formula is C23H46NO5+. The lowest BCUT2D eigenvalue weighted by Crippen LogP contribution is -2.43.